The number of carbonyl (C=O) groups is 1. The van der Waals surface area contributed by atoms with Crippen molar-refractivity contribution in [2.24, 2.45) is 11.3 Å². The Morgan fingerprint density at radius 1 is 1.20 bits per heavy atom. The molecule has 3 heteroatoms. The summed E-state index contributed by atoms with van der Waals surface area (Å²) < 4.78 is 0. The standard InChI is InChI=1S/C17H28N2O/c1-2-6-14-7-9-15(10-8-14)19-16(20)17(13-18)11-4-3-5-12-17/h14-15H,2-12H2,1H3,(H,19,20). The molecule has 0 aliphatic heterocycles. The first-order chi connectivity index (χ1) is 9.70. The van der Waals surface area contributed by atoms with Crippen LogP contribution in [-0.2, 0) is 4.79 Å². The van der Waals surface area contributed by atoms with E-state index in [9.17, 15) is 10.1 Å². The molecule has 0 aromatic heterocycles. The van der Waals surface area contributed by atoms with Crippen molar-refractivity contribution < 1.29 is 4.79 Å². The monoisotopic (exact) mass is 276 g/mol. The number of nitriles is 1. The Hall–Kier alpha value is -1.04. The highest BCUT2D eigenvalue weighted by Crippen LogP contribution is 2.36. The van der Waals surface area contributed by atoms with E-state index in [1.807, 2.05) is 0 Å². The average molecular weight is 276 g/mol. The van der Waals surface area contributed by atoms with E-state index in [4.69, 9.17) is 0 Å². The predicted molar refractivity (Wildman–Crippen MR) is 79.9 cm³/mol. The summed E-state index contributed by atoms with van der Waals surface area (Å²) in [5, 5.41) is 12.6. The number of hydrogen-bond donors (Lipinski definition) is 1. The highest BCUT2D eigenvalue weighted by atomic mass is 16.2. The molecule has 2 rings (SSSR count). The molecule has 0 aromatic rings. The van der Waals surface area contributed by atoms with Gasteiger partial charge in [-0.1, -0.05) is 39.0 Å². The van der Waals surface area contributed by atoms with Crippen LogP contribution in [0, 0.1) is 22.7 Å². The highest BCUT2D eigenvalue weighted by Gasteiger charge is 2.40. The summed E-state index contributed by atoms with van der Waals surface area (Å²) in [4.78, 5) is 12.5. The van der Waals surface area contributed by atoms with E-state index in [1.54, 1.807) is 0 Å². The Morgan fingerprint density at radius 3 is 2.40 bits per heavy atom. The van der Waals surface area contributed by atoms with Crippen molar-refractivity contribution in [2.45, 2.75) is 83.6 Å². The van der Waals surface area contributed by atoms with E-state index < -0.39 is 5.41 Å². The molecule has 2 saturated carbocycles. The summed E-state index contributed by atoms with van der Waals surface area (Å²) in [5.74, 6) is 0.867. The molecule has 1 N–H and O–H groups in total. The largest absolute Gasteiger partial charge is 0.352 e. The van der Waals surface area contributed by atoms with Gasteiger partial charge < -0.3 is 5.32 Å². The summed E-state index contributed by atoms with van der Waals surface area (Å²) in [6.45, 7) is 2.24. The van der Waals surface area contributed by atoms with Gasteiger partial charge in [0.1, 0.15) is 5.41 Å². The van der Waals surface area contributed by atoms with Gasteiger partial charge in [-0.2, -0.15) is 5.26 Å². The van der Waals surface area contributed by atoms with Crippen LogP contribution in [0.15, 0.2) is 0 Å². The molecular weight excluding hydrogens is 248 g/mol. The van der Waals surface area contributed by atoms with Gasteiger partial charge in [-0.15, -0.1) is 0 Å². The summed E-state index contributed by atoms with van der Waals surface area (Å²) in [6.07, 6.45) is 11.9. The van der Waals surface area contributed by atoms with Crippen molar-refractivity contribution in [1.82, 2.24) is 5.32 Å². The lowest BCUT2D eigenvalue weighted by molar-refractivity contribution is -0.130. The molecule has 0 radical (unpaired) electrons. The molecule has 20 heavy (non-hydrogen) atoms. The maximum atomic E-state index is 12.5. The first-order valence-electron chi connectivity index (χ1n) is 8.42. The van der Waals surface area contributed by atoms with Crippen LogP contribution in [0.4, 0.5) is 0 Å². The van der Waals surface area contributed by atoms with Crippen LogP contribution in [0.2, 0.25) is 0 Å². The van der Waals surface area contributed by atoms with Crippen LogP contribution in [0.3, 0.4) is 0 Å². The van der Waals surface area contributed by atoms with Gasteiger partial charge in [0.15, 0.2) is 0 Å². The zero-order valence-corrected chi connectivity index (χ0v) is 12.8. The van der Waals surface area contributed by atoms with Gasteiger partial charge in [0.05, 0.1) is 6.07 Å². The van der Waals surface area contributed by atoms with Crippen molar-refractivity contribution in [1.29, 1.82) is 5.26 Å². The quantitative estimate of drug-likeness (QED) is 0.845. The lowest BCUT2D eigenvalue weighted by Crippen LogP contribution is -2.47. The zero-order valence-electron chi connectivity index (χ0n) is 12.8. The molecule has 0 spiro atoms. The van der Waals surface area contributed by atoms with Crippen molar-refractivity contribution in [3.63, 3.8) is 0 Å². The molecule has 0 heterocycles. The molecule has 1 amide bonds. The molecule has 2 aliphatic rings. The van der Waals surface area contributed by atoms with Crippen LogP contribution in [0.25, 0.3) is 0 Å². The van der Waals surface area contributed by atoms with Gasteiger partial charge in [-0.05, 0) is 44.4 Å². The first-order valence-corrected chi connectivity index (χ1v) is 8.42. The number of carbonyl (C=O) groups excluding carboxylic acids is 1. The summed E-state index contributed by atoms with van der Waals surface area (Å²) in [6, 6.07) is 2.63. The van der Waals surface area contributed by atoms with Crippen LogP contribution >= 0.6 is 0 Å². The molecule has 0 unspecified atom stereocenters. The molecular formula is C17H28N2O. The number of nitrogens with zero attached hydrogens (tertiary/aromatic N) is 1. The number of rotatable bonds is 4. The fraction of sp³-hybridized carbons (Fsp3) is 0.882. The first kappa shape index (κ1) is 15.4. The van der Waals surface area contributed by atoms with Gasteiger partial charge in [-0.3, -0.25) is 4.79 Å². The Balaban J connectivity index is 1.84. The van der Waals surface area contributed by atoms with Crippen LogP contribution in [0.5, 0.6) is 0 Å². The lowest BCUT2D eigenvalue weighted by Gasteiger charge is -2.34. The maximum Gasteiger partial charge on any atom is 0.240 e. The number of nitrogens with one attached hydrogen (secondary N) is 1. The summed E-state index contributed by atoms with van der Waals surface area (Å²) in [7, 11) is 0. The van der Waals surface area contributed by atoms with E-state index in [0.717, 1.165) is 44.4 Å². The van der Waals surface area contributed by atoms with Crippen molar-refractivity contribution in [3.8, 4) is 6.07 Å². The van der Waals surface area contributed by atoms with Gasteiger partial charge in [0.2, 0.25) is 5.91 Å². The maximum absolute atomic E-state index is 12.5. The smallest absolute Gasteiger partial charge is 0.240 e. The minimum absolute atomic E-state index is 0.0126. The third kappa shape index (κ3) is 3.53. The summed E-state index contributed by atoms with van der Waals surface area (Å²) in [5.41, 5.74) is -0.724. The molecule has 112 valence electrons. The fourth-order valence-corrected chi connectivity index (χ4v) is 3.87. The van der Waals surface area contributed by atoms with Crippen LogP contribution < -0.4 is 5.32 Å². The van der Waals surface area contributed by atoms with E-state index in [2.05, 4.69) is 18.3 Å². The fourth-order valence-electron chi connectivity index (χ4n) is 3.87. The normalized spacial score (nSPS) is 29.4. The second-order valence-electron chi connectivity index (χ2n) is 6.73. The van der Waals surface area contributed by atoms with E-state index in [0.29, 0.717) is 6.04 Å². The van der Waals surface area contributed by atoms with Crippen molar-refractivity contribution in [2.75, 3.05) is 0 Å². The molecule has 0 aromatic carbocycles. The van der Waals surface area contributed by atoms with Gasteiger partial charge in [0, 0.05) is 6.04 Å². The van der Waals surface area contributed by atoms with Crippen molar-refractivity contribution in [3.05, 3.63) is 0 Å². The van der Waals surface area contributed by atoms with Crippen LogP contribution in [0.1, 0.15) is 77.6 Å². The minimum atomic E-state index is -0.724. The second kappa shape index (κ2) is 7.11. The van der Waals surface area contributed by atoms with E-state index in [-0.39, 0.29) is 5.91 Å². The molecule has 2 aliphatic carbocycles. The predicted octanol–water partition coefficient (Wildman–Crippen LogP) is 3.94. The van der Waals surface area contributed by atoms with Gasteiger partial charge >= 0.3 is 0 Å². The molecule has 2 fully saturated rings. The number of amides is 1. The second-order valence-corrected chi connectivity index (χ2v) is 6.73. The summed E-state index contributed by atoms with van der Waals surface area (Å²) >= 11 is 0. The van der Waals surface area contributed by atoms with Gasteiger partial charge in [0.25, 0.3) is 0 Å². The third-order valence-corrected chi connectivity index (χ3v) is 5.23. The highest BCUT2D eigenvalue weighted by molar-refractivity contribution is 5.85. The Morgan fingerprint density at radius 2 is 1.85 bits per heavy atom. The third-order valence-electron chi connectivity index (χ3n) is 5.23. The lowest BCUT2D eigenvalue weighted by atomic mass is 9.74. The number of hydrogen-bond acceptors (Lipinski definition) is 2. The zero-order chi connectivity index (χ0) is 14.4. The Bertz CT molecular complexity index is 358. The molecule has 0 saturated heterocycles. The molecule has 0 atom stereocenters. The van der Waals surface area contributed by atoms with E-state index >= 15 is 0 Å². The molecule has 3 nitrogen and oxygen atoms in total. The Labute approximate surface area is 123 Å². The average Bonchev–Trinajstić information content (AvgIpc) is 2.50. The van der Waals surface area contributed by atoms with Crippen LogP contribution in [-0.4, -0.2) is 11.9 Å². The Kier molecular flexibility index (Phi) is 5.46. The SMILES string of the molecule is CCCC1CCC(NC(=O)C2(C#N)CCCCC2)CC1. The van der Waals surface area contributed by atoms with Crippen molar-refractivity contribution >= 4 is 5.91 Å². The van der Waals surface area contributed by atoms with Gasteiger partial charge in [-0.25, -0.2) is 0 Å². The molecule has 0 bridgehead atoms. The minimum Gasteiger partial charge on any atom is -0.352 e. The topological polar surface area (TPSA) is 52.9 Å². The van der Waals surface area contributed by atoms with E-state index in [1.165, 1.54) is 32.1 Å².